The maximum absolute atomic E-state index is 11.6. The van der Waals surface area contributed by atoms with Crippen LogP contribution in [0.25, 0.3) is 0 Å². The standard InChI is InChI=1S/C13H18N2O2/c1-17-9-13(10-5-3-2-4-6-10)8-15-7-11(13)12(14)16/h2-6,11,15H,7-9H2,1H3,(H2,14,16). The second-order valence-electron chi connectivity index (χ2n) is 4.54. The van der Waals surface area contributed by atoms with Gasteiger partial charge in [-0.3, -0.25) is 4.79 Å². The van der Waals surface area contributed by atoms with Crippen molar-refractivity contribution in [2.75, 3.05) is 26.8 Å². The van der Waals surface area contributed by atoms with Crippen LogP contribution in [0.15, 0.2) is 30.3 Å². The van der Waals surface area contributed by atoms with E-state index in [1.807, 2.05) is 30.3 Å². The van der Waals surface area contributed by atoms with E-state index in [1.54, 1.807) is 7.11 Å². The molecule has 2 rings (SSSR count). The molecule has 4 nitrogen and oxygen atoms in total. The number of methoxy groups -OCH3 is 1. The zero-order valence-electron chi connectivity index (χ0n) is 9.98. The topological polar surface area (TPSA) is 64.3 Å². The summed E-state index contributed by atoms with van der Waals surface area (Å²) in [7, 11) is 1.65. The summed E-state index contributed by atoms with van der Waals surface area (Å²) in [6.45, 7) is 1.84. The lowest BCUT2D eigenvalue weighted by molar-refractivity contribution is -0.123. The monoisotopic (exact) mass is 234 g/mol. The van der Waals surface area contributed by atoms with Crippen LogP contribution in [0.4, 0.5) is 0 Å². The Balaban J connectivity index is 2.42. The minimum atomic E-state index is -0.332. The Kier molecular flexibility index (Phi) is 3.45. The molecular formula is C13H18N2O2. The Labute approximate surface area is 101 Å². The van der Waals surface area contributed by atoms with Crippen LogP contribution >= 0.6 is 0 Å². The van der Waals surface area contributed by atoms with E-state index in [4.69, 9.17) is 10.5 Å². The fourth-order valence-corrected chi connectivity index (χ4v) is 2.70. The summed E-state index contributed by atoms with van der Waals surface area (Å²) >= 11 is 0. The number of nitrogens with one attached hydrogen (secondary N) is 1. The molecule has 1 saturated heterocycles. The van der Waals surface area contributed by atoms with E-state index in [0.717, 1.165) is 12.1 Å². The number of nitrogens with two attached hydrogens (primary N) is 1. The van der Waals surface area contributed by atoms with E-state index in [0.29, 0.717) is 13.2 Å². The summed E-state index contributed by atoms with van der Waals surface area (Å²) in [4.78, 5) is 11.6. The van der Waals surface area contributed by atoms with Gasteiger partial charge in [-0.15, -0.1) is 0 Å². The van der Waals surface area contributed by atoms with Crippen LogP contribution in [-0.2, 0) is 14.9 Å². The number of benzene rings is 1. The highest BCUT2D eigenvalue weighted by atomic mass is 16.5. The summed E-state index contributed by atoms with van der Waals surface area (Å²) < 4.78 is 5.32. The predicted octanol–water partition coefficient (Wildman–Crippen LogP) is 0.275. The van der Waals surface area contributed by atoms with E-state index in [1.165, 1.54) is 0 Å². The summed E-state index contributed by atoms with van der Waals surface area (Å²) in [5.41, 5.74) is 6.28. The first kappa shape index (κ1) is 12.1. The Morgan fingerprint density at radius 3 is 2.82 bits per heavy atom. The van der Waals surface area contributed by atoms with Crippen molar-refractivity contribution in [2.24, 2.45) is 11.7 Å². The van der Waals surface area contributed by atoms with Crippen molar-refractivity contribution < 1.29 is 9.53 Å². The van der Waals surface area contributed by atoms with Gasteiger partial charge in [-0.1, -0.05) is 30.3 Å². The Hall–Kier alpha value is -1.39. The maximum atomic E-state index is 11.6. The third kappa shape index (κ3) is 2.06. The van der Waals surface area contributed by atoms with Crippen molar-refractivity contribution in [2.45, 2.75) is 5.41 Å². The first-order valence-electron chi connectivity index (χ1n) is 5.75. The molecule has 92 valence electrons. The number of hydrogen-bond donors (Lipinski definition) is 2. The first-order chi connectivity index (χ1) is 8.20. The van der Waals surface area contributed by atoms with Gasteiger partial charge in [-0.25, -0.2) is 0 Å². The normalized spacial score (nSPS) is 28.2. The highest BCUT2D eigenvalue weighted by Crippen LogP contribution is 2.35. The average molecular weight is 234 g/mol. The van der Waals surface area contributed by atoms with Gasteiger partial charge in [-0.2, -0.15) is 0 Å². The van der Waals surface area contributed by atoms with Crippen molar-refractivity contribution >= 4 is 5.91 Å². The van der Waals surface area contributed by atoms with Crippen molar-refractivity contribution in [3.05, 3.63) is 35.9 Å². The molecule has 1 aliphatic heterocycles. The third-order valence-corrected chi connectivity index (χ3v) is 3.55. The minimum absolute atomic E-state index is 0.218. The minimum Gasteiger partial charge on any atom is -0.384 e. The third-order valence-electron chi connectivity index (χ3n) is 3.55. The van der Waals surface area contributed by atoms with Gasteiger partial charge in [0.2, 0.25) is 5.91 Å². The molecular weight excluding hydrogens is 216 g/mol. The van der Waals surface area contributed by atoms with Gasteiger partial charge in [0.05, 0.1) is 12.5 Å². The van der Waals surface area contributed by atoms with Crippen LogP contribution in [0.1, 0.15) is 5.56 Å². The predicted molar refractivity (Wildman–Crippen MR) is 65.6 cm³/mol. The van der Waals surface area contributed by atoms with Gasteiger partial charge in [0.1, 0.15) is 0 Å². The highest BCUT2D eigenvalue weighted by molar-refractivity contribution is 5.79. The number of rotatable bonds is 4. The SMILES string of the molecule is COCC1(c2ccccc2)CNCC1C(N)=O. The van der Waals surface area contributed by atoms with Gasteiger partial charge in [-0.05, 0) is 5.56 Å². The molecule has 1 aromatic carbocycles. The number of carbonyl (C=O) groups excluding carboxylic acids is 1. The van der Waals surface area contributed by atoms with Crippen LogP contribution in [0.2, 0.25) is 0 Å². The largest absolute Gasteiger partial charge is 0.384 e. The van der Waals surface area contributed by atoms with E-state index in [9.17, 15) is 4.79 Å². The molecule has 2 unspecified atom stereocenters. The number of carbonyl (C=O) groups is 1. The Bertz CT molecular complexity index is 394. The number of hydrogen-bond acceptors (Lipinski definition) is 3. The van der Waals surface area contributed by atoms with Crippen LogP contribution in [-0.4, -0.2) is 32.7 Å². The Morgan fingerprint density at radius 2 is 2.24 bits per heavy atom. The van der Waals surface area contributed by atoms with Gasteiger partial charge in [0, 0.05) is 25.6 Å². The number of ether oxygens (including phenoxy) is 1. The van der Waals surface area contributed by atoms with Crippen molar-refractivity contribution in [3.63, 3.8) is 0 Å². The molecule has 1 aliphatic rings. The lowest BCUT2D eigenvalue weighted by Crippen LogP contribution is -2.45. The molecule has 0 aromatic heterocycles. The van der Waals surface area contributed by atoms with Crippen LogP contribution in [0.5, 0.6) is 0 Å². The fourth-order valence-electron chi connectivity index (χ4n) is 2.70. The quantitative estimate of drug-likeness (QED) is 0.786. The summed E-state index contributed by atoms with van der Waals surface area (Å²) in [6, 6.07) is 9.97. The second-order valence-corrected chi connectivity index (χ2v) is 4.54. The van der Waals surface area contributed by atoms with Crippen molar-refractivity contribution in [1.82, 2.24) is 5.32 Å². The summed E-state index contributed by atoms with van der Waals surface area (Å²) in [5, 5.41) is 3.25. The molecule has 0 bridgehead atoms. The molecule has 2 atom stereocenters. The summed E-state index contributed by atoms with van der Waals surface area (Å²) in [6.07, 6.45) is 0. The molecule has 17 heavy (non-hydrogen) atoms. The Morgan fingerprint density at radius 1 is 1.53 bits per heavy atom. The summed E-state index contributed by atoms with van der Waals surface area (Å²) in [5.74, 6) is -0.485. The van der Waals surface area contributed by atoms with Gasteiger partial charge in [0.25, 0.3) is 0 Å². The van der Waals surface area contributed by atoms with E-state index in [-0.39, 0.29) is 17.2 Å². The van der Waals surface area contributed by atoms with E-state index >= 15 is 0 Å². The highest BCUT2D eigenvalue weighted by Gasteiger charge is 2.47. The van der Waals surface area contributed by atoms with E-state index in [2.05, 4.69) is 5.32 Å². The molecule has 3 N–H and O–H groups in total. The molecule has 0 aliphatic carbocycles. The second kappa shape index (κ2) is 4.85. The molecule has 0 radical (unpaired) electrons. The molecule has 0 spiro atoms. The molecule has 1 amide bonds. The zero-order valence-corrected chi connectivity index (χ0v) is 9.98. The zero-order chi connectivity index (χ0) is 12.3. The van der Waals surface area contributed by atoms with Gasteiger partial charge >= 0.3 is 0 Å². The van der Waals surface area contributed by atoms with Crippen LogP contribution in [0, 0.1) is 5.92 Å². The molecule has 1 heterocycles. The van der Waals surface area contributed by atoms with Crippen molar-refractivity contribution in [3.8, 4) is 0 Å². The smallest absolute Gasteiger partial charge is 0.222 e. The average Bonchev–Trinajstić information content (AvgIpc) is 2.76. The molecule has 1 fully saturated rings. The lowest BCUT2D eigenvalue weighted by Gasteiger charge is -2.32. The number of amides is 1. The molecule has 4 heteroatoms. The van der Waals surface area contributed by atoms with Gasteiger partial charge < -0.3 is 15.8 Å². The van der Waals surface area contributed by atoms with Crippen molar-refractivity contribution in [1.29, 1.82) is 0 Å². The number of primary amides is 1. The molecule has 1 aromatic rings. The van der Waals surface area contributed by atoms with Gasteiger partial charge in [0.15, 0.2) is 0 Å². The first-order valence-corrected chi connectivity index (χ1v) is 5.75. The maximum Gasteiger partial charge on any atom is 0.222 e. The lowest BCUT2D eigenvalue weighted by atomic mass is 9.72. The van der Waals surface area contributed by atoms with Crippen LogP contribution in [0.3, 0.4) is 0 Å². The van der Waals surface area contributed by atoms with E-state index < -0.39 is 0 Å². The van der Waals surface area contributed by atoms with Crippen LogP contribution < -0.4 is 11.1 Å². The fraction of sp³-hybridized carbons (Fsp3) is 0.462. The molecule has 0 saturated carbocycles.